The van der Waals surface area contributed by atoms with E-state index in [1.54, 1.807) is 17.4 Å². The first-order chi connectivity index (χ1) is 9.01. The van der Waals surface area contributed by atoms with Crippen LogP contribution in [0.2, 0.25) is 0 Å². The molecule has 6 heteroatoms. The SMILES string of the molecule is COc1cc(N(C)Cc2cc(Br)cs2)c(F)cc1N. The minimum Gasteiger partial charge on any atom is -0.495 e. The molecule has 0 atom stereocenters. The van der Waals surface area contributed by atoms with Crippen LogP contribution in [0.25, 0.3) is 0 Å². The number of hydrogen-bond donors (Lipinski definition) is 1. The fourth-order valence-corrected chi connectivity index (χ4v) is 3.29. The third-order valence-electron chi connectivity index (χ3n) is 2.73. The maximum absolute atomic E-state index is 13.9. The van der Waals surface area contributed by atoms with Gasteiger partial charge in [0.25, 0.3) is 0 Å². The van der Waals surface area contributed by atoms with Crippen molar-refractivity contribution in [3.8, 4) is 5.75 Å². The number of halogens is 2. The molecule has 0 aliphatic heterocycles. The first-order valence-electron chi connectivity index (χ1n) is 5.58. The summed E-state index contributed by atoms with van der Waals surface area (Å²) in [5.74, 6) is 0.132. The second-order valence-corrected chi connectivity index (χ2v) is 6.04. The van der Waals surface area contributed by atoms with Gasteiger partial charge in [-0.05, 0) is 22.0 Å². The van der Waals surface area contributed by atoms with Gasteiger partial charge in [0.2, 0.25) is 0 Å². The Morgan fingerprint density at radius 2 is 2.16 bits per heavy atom. The van der Waals surface area contributed by atoms with Gasteiger partial charge in [-0.15, -0.1) is 11.3 Å². The lowest BCUT2D eigenvalue weighted by Crippen LogP contribution is -2.17. The van der Waals surface area contributed by atoms with Gasteiger partial charge >= 0.3 is 0 Å². The molecule has 2 aromatic rings. The summed E-state index contributed by atoms with van der Waals surface area (Å²) < 4.78 is 20.1. The van der Waals surface area contributed by atoms with Crippen LogP contribution in [-0.4, -0.2) is 14.2 Å². The third-order valence-corrected chi connectivity index (χ3v) is 4.41. The Hall–Kier alpha value is -1.27. The Morgan fingerprint density at radius 3 is 2.74 bits per heavy atom. The van der Waals surface area contributed by atoms with E-state index in [1.807, 2.05) is 23.4 Å². The topological polar surface area (TPSA) is 38.5 Å². The van der Waals surface area contributed by atoms with Crippen molar-refractivity contribution in [1.82, 2.24) is 0 Å². The molecule has 0 fully saturated rings. The average Bonchev–Trinajstić information content (AvgIpc) is 2.74. The molecule has 2 rings (SSSR count). The van der Waals surface area contributed by atoms with E-state index >= 15 is 0 Å². The van der Waals surface area contributed by atoms with Gasteiger partial charge in [0.05, 0.1) is 25.0 Å². The molecule has 0 aliphatic rings. The van der Waals surface area contributed by atoms with E-state index in [0.29, 0.717) is 23.7 Å². The number of hydrogen-bond acceptors (Lipinski definition) is 4. The third kappa shape index (κ3) is 3.19. The van der Waals surface area contributed by atoms with Crippen molar-refractivity contribution in [2.75, 3.05) is 24.8 Å². The van der Waals surface area contributed by atoms with Crippen molar-refractivity contribution < 1.29 is 9.13 Å². The molecule has 102 valence electrons. The molecule has 0 unspecified atom stereocenters. The van der Waals surface area contributed by atoms with E-state index in [2.05, 4.69) is 15.9 Å². The summed E-state index contributed by atoms with van der Waals surface area (Å²) in [6, 6.07) is 4.93. The second-order valence-electron chi connectivity index (χ2n) is 4.13. The first kappa shape index (κ1) is 14.1. The van der Waals surface area contributed by atoms with Gasteiger partial charge in [0.15, 0.2) is 0 Å². The quantitative estimate of drug-likeness (QED) is 0.855. The molecule has 0 spiro atoms. The van der Waals surface area contributed by atoms with Crippen molar-refractivity contribution in [1.29, 1.82) is 0 Å². The molecular formula is C13H14BrFN2OS. The van der Waals surface area contributed by atoms with E-state index in [1.165, 1.54) is 13.2 Å². The molecule has 1 aromatic carbocycles. The lowest BCUT2D eigenvalue weighted by molar-refractivity contribution is 0.416. The first-order valence-corrected chi connectivity index (χ1v) is 7.25. The Labute approximate surface area is 123 Å². The lowest BCUT2D eigenvalue weighted by atomic mass is 10.2. The van der Waals surface area contributed by atoms with Crippen LogP contribution in [0.4, 0.5) is 15.8 Å². The van der Waals surface area contributed by atoms with Crippen molar-refractivity contribution in [3.63, 3.8) is 0 Å². The fraction of sp³-hybridized carbons (Fsp3) is 0.231. The molecule has 2 N–H and O–H groups in total. The molecule has 3 nitrogen and oxygen atoms in total. The summed E-state index contributed by atoms with van der Waals surface area (Å²) >= 11 is 5.03. The van der Waals surface area contributed by atoms with Gasteiger partial charge in [-0.25, -0.2) is 4.39 Å². The molecule has 0 aliphatic carbocycles. The Kier molecular flexibility index (Phi) is 4.31. The van der Waals surface area contributed by atoms with E-state index in [0.717, 1.165) is 9.35 Å². The van der Waals surface area contributed by atoms with Crippen LogP contribution in [-0.2, 0) is 6.54 Å². The maximum atomic E-state index is 13.9. The van der Waals surface area contributed by atoms with Crippen molar-refractivity contribution in [2.45, 2.75) is 6.54 Å². The minimum absolute atomic E-state index is 0.302. The van der Waals surface area contributed by atoms with Crippen LogP contribution in [0.3, 0.4) is 0 Å². The normalized spacial score (nSPS) is 10.5. The average molecular weight is 345 g/mol. The Balaban J connectivity index is 2.25. The number of nitrogens with zero attached hydrogens (tertiary/aromatic N) is 1. The van der Waals surface area contributed by atoms with Gasteiger partial charge in [-0.3, -0.25) is 0 Å². The fourth-order valence-electron chi connectivity index (χ4n) is 1.78. The molecule has 1 heterocycles. The summed E-state index contributed by atoms with van der Waals surface area (Å²) in [5.41, 5.74) is 6.44. The second kappa shape index (κ2) is 5.79. The van der Waals surface area contributed by atoms with Crippen LogP contribution in [0.5, 0.6) is 5.75 Å². The molecular weight excluding hydrogens is 331 g/mol. The van der Waals surface area contributed by atoms with Gasteiger partial charge < -0.3 is 15.4 Å². The number of nitrogen functional groups attached to an aromatic ring is 1. The highest BCUT2D eigenvalue weighted by atomic mass is 79.9. The molecule has 0 amide bonds. The molecule has 1 aromatic heterocycles. The maximum Gasteiger partial charge on any atom is 0.148 e. The number of methoxy groups -OCH3 is 1. The lowest BCUT2D eigenvalue weighted by Gasteiger charge is -2.20. The predicted octanol–water partition coefficient (Wildman–Crippen LogP) is 3.88. The van der Waals surface area contributed by atoms with Gasteiger partial charge in [-0.1, -0.05) is 0 Å². The highest BCUT2D eigenvalue weighted by Crippen LogP contribution is 2.31. The molecule has 0 radical (unpaired) electrons. The number of rotatable bonds is 4. The monoisotopic (exact) mass is 344 g/mol. The van der Waals surface area contributed by atoms with E-state index in [4.69, 9.17) is 10.5 Å². The molecule has 0 saturated carbocycles. The summed E-state index contributed by atoms with van der Waals surface area (Å²) in [7, 11) is 3.35. The van der Waals surface area contributed by atoms with E-state index in [-0.39, 0.29) is 5.82 Å². The van der Waals surface area contributed by atoms with Crippen LogP contribution < -0.4 is 15.4 Å². The minimum atomic E-state index is -0.351. The summed E-state index contributed by atoms with van der Waals surface area (Å²) in [5, 5.41) is 2.00. The van der Waals surface area contributed by atoms with E-state index < -0.39 is 0 Å². The standard InChI is InChI=1S/C13H14BrFN2OS/c1-17(6-9-3-8(14)7-19-9)12-5-13(18-2)11(16)4-10(12)15/h3-5,7H,6,16H2,1-2H3. The number of anilines is 2. The number of benzene rings is 1. The van der Waals surface area contributed by atoms with Crippen molar-refractivity contribution in [3.05, 3.63) is 38.7 Å². The zero-order valence-electron chi connectivity index (χ0n) is 10.6. The van der Waals surface area contributed by atoms with Gasteiger partial charge in [-0.2, -0.15) is 0 Å². The van der Waals surface area contributed by atoms with Gasteiger partial charge in [0.1, 0.15) is 11.6 Å². The van der Waals surface area contributed by atoms with Crippen LogP contribution in [0.1, 0.15) is 4.88 Å². The van der Waals surface area contributed by atoms with Crippen molar-refractivity contribution in [2.24, 2.45) is 0 Å². The van der Waals surface area contributed by atoms with Crippen LogP contribution >= 0.6 is 27.3 Å². The Bertz CT molecular complexity index is 588. The number of ether oxygens (including phenoxy) is 1. The highest BCUT2D eigenvalue weighted by Gasteiger charge is 2.13. The smallest absolute Gasteiger partial charge is 0.148 e. The van der Waals surface area contributed by atoms with E-state index in [9.17, 15) is 4.39 Å². The zero-order chi connectivity index (χ0) is 14.0. The van der Waals surface area contributed by atoms with Crippen molar-refractivity contribution >= 4 is 38.6 Å². The molecule has 19 heavy (non-hydrogen) atoms. The summed E-state index contributed by atoms with van der Waals surface area (Å²) in [4.78, 5) is 2.97. The molecule has 0 bridgehead atoms. The van der Waals surface area contributed by atoms with Gasteiger partial charge in [0, 0.05) is 33.9 Å². The Morgan fingerprint density at radius 1 is 1.42 bits per heavy atom. The summed E-state index contributed by atoms with van der Waals surface area (Å²) in [6.07, 6.45) is 0. The summed E-state index contributed by atoms with van der Waals surface area (Å²) in [6.45, 7) is 0.625. The van der Waals surface area contributed by atoms with Crippen LogP contribution in [0.15, 0.2) is 28.1 Å². The van der Waals surface area contributed by atoms with Crippen LogP contribution in [0, 0.1) is 5.82 Å². The highest BCUT2D eigenvalue weighted by molar-refractivity contribution is 9.10. The number of nitrogens with two attached hydrogens (primary N) is 1. The zero-order valence-corrected chi connectivity index (χ0v) is 13.0. The largest absolute Gasteiger partial charge is 0.495 e. The predicted molar refractivity (Wildman–Crippen MR) is 81.5 cm³/mol. The molecule has 0 saturated heterocycles. The number of thiophene rings is 1.